The summed E-state index contributed by atoms with van der Waals surface area (Å²) in [6.07, 6.45) is 0. The number of ketones is 1. The van der Waals surface area contributed by atoms with Crippen LogP contribution >= 0.6 is 45.9 Å². The van der Waals surface area contributed by atoms with Crippen LogP contribution in [0.1, 0.15) is 32.0 Å². The lowest BCUT2D eigenvalue weighted by molar-refractivity contribution is -0.117. The highest BCUT2D eigenvalue weighted by Gasteiger charge is 2.46. The summed E-state index contributed by atoms with van der Waals surface area (Å²) in [6.45, 7) is 3.51. The molecule has 1 N–H and O–H groups in total. The number of Topliss-reactive ketones (excluding diaryl/α,β-unsaturated/α-hetero) is 1. The third kappa shape index (κ3) is 3.98. The Hall–Kier alpha value is -2.98. The van der Waals surface area contributed by atoms with Crippen LogP contribution in [0.25, 0.3) is 10.2 Å². The van der Waals surface area contributed by atoms with Crippen molar-refractivity contribution in [2.24, 2.45) is 0 Å². The molecule has 2 aromatic carbocycles. The van der Waals surface area contributed by atoms with Gasteiger partial charge in [0.05, 0.1) is 54.6 Å². The van der Waals surface area contributed by atoms with Gasteiger partial charge in [0.25, 0.3) is 5.91 Å². The van der Waals surface area contributed by atoms with Gasteiger partial charge in [0, 0.05) is 0 Å². The molecular formula is C24H17Cl2N3O4S2. The van der Waals surface area contributed by atoms with Gasteiger partial charge in [-0.1, -0.05) is 40.6 Å². The molecular weight excluding hydrogens is 529 g/mol. The highest BCUT2D eigenvalue weighted by molar-refractivity contribution is 7.22. The van der Waals surface area contributed by atoms with E-state index in [1.807, 2.05) is 6.07 Å². The van der Waals surface area contributed by atoms with E-state index < -0.39 is 23.5 Å². The van der Waals surface area contributed by atoms with Crippen LogP contribution < -0.4 is 9.64 Å². The Morgan fingerprint density at radius 1 is 1.09 bits per heavy atom. The third-order valence-corrected chi connectivity index (χ3v) is 8.44. The fourth-order valence-electron chi connectivity index (χ4n) is 4.02. The number of fused-ring (bicyclic) bond motifs is 1. The van der Waals surface area contributed by atoms with Crippen molar-refractivity contribution in [1.82, 2.24) is 9.97 Å². The molecule has 0 bridgehead atoms. The molecule has 0 fully saturated rings. The van der Waals surface area contributed by atoms with Crippen molar-refractivity contribution >= 4 is 72.9 Å². The Balaban J connectivity index is 1.69. The number of aryl methyl sites for hydroxylation is 2. The molecule has 0 radical (unpaired) electrons. The van der Waals surface area contributed by atoms with E-state index in [0.29, 0.717) is 42.6 Å². The monoisotopic (exact) mass is 545 g/mol. The molecule has 0 saturated carbocycles. The average Bonchev–Trinajstić information content (AvgIpc) is 3.48. The quantitative estimate of drug-likeness (QED) is 0.289. The molecule has 1 aliphatic heterocycles. The molecule has 4 aromatic rings. The number of amides is 1. The summed E-state index contributed by atoms with van der Waals surface area (Å²) in [5.41, 5.74) is 1.64. The van der Waals surface area contributed by atoms with Gasteiger partial charge in [-0.15, -0.1) is 11.3 Å². The van der Waals surface area contributed by atoms with E-state index in [0.717, 1.165) is 4.70 Å². The maximum atomic E-state index is 13.7. The highest BCUT2D eigenvalue weighted by Crippen LogP contribution is 2.46. The van der Waals surface area contributed by atoms with Crippen LogP contribution in [0.4, 0.5) is 5.13 Å². The Bertz CT molecular complexity index is 1560. The number of rotatable bonds is 5. The predicted octanol–water partition coefficient (Wildman–Crippen LogP) is 6.47. The van der Waals surface area contributed by atoms with Gasteiger partial charge in [0.2, 0.25) is 5.78 Å². The lowest BCUT2D eigenvalue weighted by atomic mass is 9.95. The van der Waals surface area contributed by atoms with Crippen LogP contribution in [0.3, 0.4) is 0 Å². The first-order chi connectivity index (χ1) is 16.7. The summed E-state index contributed by atoms with van der Waals surface area (Å²) < 4.78 is 6.08. The second-order valence-corrected chi connectivity index (χ2v) is 10.8. The number of anilines is 1. The lowest BCUT2D eigenvalue weighted by Crippen LogP contribution is -2.31. The first-order valence-corrected chi connectivity index (χ1v) is 12.7. The minimum Gasteiger partial charge on any atom is -0.503 e. The standard InChI is InChI=1S/C24H17Cl2N3O4S2/c1-10-22(34-11(2)27-10)20(30)18-19(12-4-6-14(25)15(26)8-12)29(23(32)21(18)31)24-28-16-7-5-13(33-3)9-17(16)35-24/h4-9,19,31H,1-3H3. The van der Waals surface area contributed by atoms with Crippen LogP contribution in [-0.4, -0.2) is 33.9 Å². The van der Waals surface area contributed by atoms with E-state index in [4.69, 9.17) is 27.9 Å². The summed E-state index contributed by atoms with van der Waals surface area (Å²) >= 11 is 14.9. The van der Waals surface area contributed by atoms with Gasteiger partial charge in [-0.2, -0.15) is 0 Å². The van der Waals surface area contributed by atoms with Crippen LogP contribution in [0, 0.1) is 13.8 Å². The molecule has 0 saturated heterocycles. The van der Waals surface area contributed by atoms with E-state index >= 15 is 0 Å². The number of hydrogen-bond acceptors (Lipinski definition) is 8. The number of aromatic nitrogens is 2. The van der Waals surface area contributed by atoms with E-state index in [1.165, 1.54) is 27.6 Å². The van der Waals surface area contributed by atoms with Gasteiger partial charge in [-0.05, 0) is 49.7 Å². The van der Waals surface area contributed by atoms with E-state index in [-0.39, 0.29) is 10.6 Å². The maximum Gasteiger partial charge on any atom is 0.296 e. The fourth-order valence-corrected chi connectivity index (χ4v) is 6.22. The van der Waals surface area contributed by atoms with E-state index in [1.54, 1.807) is 51.3 Å². The molecule has 0 spiro atoms. The molecule has 1 amide bonds. The Kier molecular flexibility index (Phi) is 6.04. The van der Waals surface area contributed by atoms with Crippen molar-refractivity contribution in [2.75, 3.05) is 12.0 Å². The number of methoxy groups -OCH3 is 1. The van der Waals surface area contributed by atoms with Crippen molar-refractivity contribution in [3.63, 3.8) is 0 Å². The number of carbonyl (C=O) groups excluding carboxylic acids is 2. The number of hydrogen-bond donors (Lipinski definition) is 1. The van der Waals surface area contributed by atoms with Crippen molar-refractivity contribution < 1.29 is 19.4 Å². The molecule has 2 aromatic heterocycles. The van der Waals surface area contributed by atoms with E-state index in [9.17, 15) is 14.7 Å². The topological polar surface area (TPSA) is 92.6 Å². The first-order valence-electron chi connectivity index (χ1n) is 10.3. The minimum atomic E-state index is -0.964. The Morgan fingerprint density at radius 2 is 1.86 bits per heavy atom. The second kappa shape index (κ2) is 8.91. The van der Waals surface area contributed by atoms with Crippen molar-refractivity contribution in [2.45, 2.75) is 19.9 Å². The number of halogens is 2. The number of aliphatic hydroxyl groups is 1. The molecule has 0 aliphatic carbocycles. The second-order valence-electron chi connectivity index (χ2n) is 7.82. The fraction of sp³-hybridized carbons (Fsp3) is 0.167. The van der Waals surface area contributed by atoms with Gasteiger partial charge >= 0.3 is 0 Å². The highest BCUT2D eigenvalue weighted by atomic mass is 35.5. The summed E-state index contributed by atoms with van der Waals surface area (Å²) in [5, 5.41) is 12.6. The minimum absolute atomic E-state index is 0.0584. The molecule has 1 unspecified atom stereocenters. The SMILES string of the molecule is COc1ccc2nc(N3C(=O)C(O)=C(C(=O)c4sc(C)nc4C)C3c3ccc(Cl)c(Cl)c3)sc2c1. The zero-order valence-electron chi connectivity index (χ0n) is 18.6. The summed E-state index contributed by atoms with van der Waals surface area (Å²) in [5.74, 6) is -1.18. The number of benzene rings is 2. The van der Waals surface area contributed by atoms with Gasteiger partial charge in [-0.25, -0.2) is 9.97 Å². The van der Waals surface area contributed by atoms with Crippen LogP contribution in [0.2, 0.25) is 10.0 Å². The summed E-state index contributed by atoms with van der Waals surface area (Å²) in [4.78, 5) is 37.7. The predicted molar refractivity (Wildman–Crippen MR) is 138 cm³/mol. The lowest BCUT2D eigenvalue weighted by Gasteiger charge is -2.24. The molecule has 5 rings (SSSR count). The molecule has 7 nitrogen and oxygen atoms in total. The van der Waals surface area contributed by atoms with E-state index in [2.05, 4.69) is 9.97 Å². The van der Waals surface area contributed by atoms with Crippen LogP contribution in [-0.2, 0) is 4.79 Å². The van der Waals surface area contributed by atoms with Gasteiger partial charge in [-0.3, -0.25) is 14.5 Å². The largest absolute Gasteiger partial charge is 0.503 e. The molecule has 35 heavy (non-hydrogen) atoms. The summed E-state index contributed by atoms with van der Waals surface area (Å²) in [6, 6.07) is 9.25. The summed E-state index contributed by atoms with van der Waals surface area (Å²) in [7, 11) is 1.57. The molecule has 1 atom stereocenters. The number of aliphatic hydroxyl groups excluding tert-OH is 1. The van der Waals surface area contributed by atoms with Crippen molar-refractivity contribution in [3.05, 3.63) is 78.9 Å². The normalized spacial score (nSPS) is 16.0. The number of carbonyl (C=O) groups is 2. The first kappa shape index (κ1) is 23.7. The third-order valence-electron chi connectivity index (χ3n) is 5.61. The number of thiazole rings is 2. The maximum absolute atomic E-state index is 13.7. The molecule has 3 heterocycles. The average molecular weight is 546 g/mol. The Labute approximate surface area is 218 Å². The molecule has 1 aliphatic rings. The van der Waals surface area contributed by atoms with Crippen molar-refractivity contribution in [1.29, 1.82) is 0 Å². The zero-order chi connectivity index (χ0) is 25.0. The molecule has 11 heteroatoms. The smallest absolute Gasteiger partial charge is 0.296 e. The Morgan fingerprint density at radius 3 is 2.51 bits per heavy atom. The van der Waals surface area contributed by atoms with Crippen molar-refractivity contribution in [3.8, 4) is 5.75 Å². The molecule has 178 valence electrons. The van der Waals surface area contributed by atoms with Crippen LogP contribution in [0.15, 0.2) is 47.7 Å². The number of ether oxygens (including phenoxy) is 1. The van der Waals surface area contributed by atoms with Gasteiger partial charge < -0.3 is 9.84 Å². The van der Waals surface area contributed by atoms with Gasteiger partial charge in [0.1, 0.15) is 5.75 Å². The number of nitrogens with zero attached hydrogens (tertiary/aromatic N) is 3. The zero-order valence-corrected chi connectivity index (χ0v) is 21.8. The van der Waals surface area contributed by atoms with Crippen LogP contribution in [0.5, 0.6) is 5.75 Å². The van der Waals surface area contributed by atoms with Gasteiger partial charge in [0.15, 0.2) is 10.9 Å².